The molecule has 0 aliphatic carbocycles. The van der Waals surface area contributed by atoms with Crippen molar-refractivity contribution in [2.75, 3.05) is 20.3 Å². The zero-order valence-corrected chi connectivity index (χ0v) is 11.2. The average Bonchev–Trinajstić information content (AvgIpc) is 2.34. The highest BCUT2D eigenvalue weighted by Crippen LogP contribution is 2.15. The molecule has 0 heterocycles. The molecule has 1 N–H and O–H groups in total. The molecule has 18 heavy (non-hydrogen) atoms. The smallest absolute Gasteiger partial charge is 0.159 e. The normalized spacial score (nSPS) is 14.5. The molecular formula is C14H21F2NO. The minimum atomic E-state index is -0.794. The van der Waals surface area contributed by atoms with E-state index in [1.54, 1.807) is 13.2 Å². The Hall–Kier alpha value is -1.00. The summed E-state index contributed by atoms with van der Waals surface area (Å²) in [5, 5.41) is 3.34. The van der Waals surface area contributed by atoms with Crippen LogP contribution < -0.4 is 5.32 Å². The van der Waals surface area contributed by atoms with Crippen LogP contribution in [0, 0.1) is 17.6 Å². The topological polar surface area (TPSA) is 21.3 Å². The van der Waals surface area contributed by atoms with Gasteiger partial charge in [0, 0.05) is 19.7 Å². The first-order chi connectivity index (χ1) is 8.54. The standard InChI is InChI=1S/C14H21F2NO/c1-10(11(2)17-6-7-18-3)8-12-4-5-13(15)14(16)9-12/h4-5,9-11,17H,6-8H2,1-3H3. The first kappa shape index (κ1) is 15.1. The SMILES string of the molecule is COCCNC(C)C(C)Cc1ccc(F)c(F)c1. The maximum absolute atomic E-state index is 13.1. The Labute approximate surface area is 107 Å². The van der Waals surface area contributed by atoms with Crippen LogP contribution in [0.25, 0.3) is 0 Å². The molecule has 0 aliphatic rings. The minimum absolute atomic E-state index is 0.299. The van der Waals surface area contributed by atoms with Gasteiger partial charge in [0.1, 0.15) is 0 Å². The zero-order valence-electron chi connectivity index (χ0n) is 11.2. The van der Waals surface area contributed by atoms with Gasteiger partial charge in [0.25, 0.3) is 0 Å². The summed E-state index contributed by atoms with van der Waals surface area (Å²) in [5.41, 5.74) is 0.821. The number of rotatable bonds is 7. The fraction of sp³-hybridized carbons (Fsp3) is 0.571. The first-order valence-electron chi connectivity index (χ1n) is 6.20. The molecule has 1 rings (SSSR count). The Balaban J connectivity index is 2.47. The van der Waals surface area contributed by atoms with Crippen molar-refractivity contribution in [3.05, 3.63) is 35.4 Å². The lowest BCUT2D eigenvalue weighted by atomic mass is 9.95. The molecule has 0 bridgehead atoms. The quantitative estimate of drug-likeness (QED) is 0.758. The van der Waals surface area contributed by atoms with Crippen LogP contribution in [-0.4, -0.2) is 26.3 Å². The number of benzene rings is 1. The molecule has 4 heteroatoms. The summed E-state index contributed by atoms with van der Waals surface area (Å²) >= 11 is 0. The molecule has 0 spiro atoms. The second kappa shape index (κ2) is 7.44. The fourth-order valence-corrected chi connectivity index (χ4v) is 1.81. The van der Waals surface area contributed by atoms with Crippen LogP contribution in [0.15, 0.2) is 18.2 Å². The molecule has 0 saturated carbocycles. The molecule has 1 aromatic rings. The Bertz CT molecular complexity index is 371. The highest BCUT2D eigenvalue weighted by molar-refractivity contribution is 5.18. The average molecular weight is 257 g/mol. The lowest BCUT2D eigenvalue weighted by Gasteiger charge is -2.21. The predicted molar refractivity (Wildman–Crippen MR) is 68.6 cm³/mol. The second-order valence-electron chi connectivity index (χ2n) is 4.67. The van der Waals surface area contributed by atoms with Gasteiger partial charge >= 0.3 is 0 Å². The molecule has 2 nitrogen and oxygen atoms in total. The molecule has 2 atom stereocenters. The summed E-state index contributed by atoms with van der Waals surface area (Å²) in [6.07, 6.45) is 0.721. The van der Waals surface area contributed by atoms with E-state index in [1.165, 1.54) is 12.1 Å². The molecule has 0 fully saturated rings. The van der Waals surface area contributed by atoms with Crippen molar-refractivity contribution in [2.24, 2.45) is 5.92 Å². The molecule has 0 saturated heterocycles. The Kier molecular flexibility index (Phi) is 6.22. The third-order valence-corrected chi connectivity index (χ3v) is 3.17. The van der Waals surface area contributed by atoms with Crippen LogP contribution in [0.3, 0.4) is 0 Å². The number of methoxy groups -OCH3 is 1. The number of hydrogen-bond donors (Lipinski definition) is 1. The molecule has 1 aromatic carbocycles. The fourth-order valence-electron chi connectivity index (χ4n) is 1.81. The largest absolute Gasteiger partial charge is 0.383 e. The van der Waals surface area contributed by atoms with Crippen LogP contribution in [0.2, 0.25) is 0 Å². The maximum Gasteiger partial charge on any atom is 0.159 e. The molecule has 0 aliphatic heterocycles. The van der Waals surface area contributed by atoms with Gasteiger partial charge in [0.15, 0.2) is 11.6 Å². The lowest BCUT2D eigenvalue weighted by Crippen LogP contribution is -2.35. The molecule has 102 valence electrons. The van der Waals surface area contributed by atoms with E-state index in [4.69, 9.17) is 4.74 Å². The van der Waals surface area contributed by atoms with E-state index in [-0.39, 0.29) is 0 Å². The Morgan fingerprint density at radius 2 is 1.94 bits per heavy atom. The summed E-state index contributed by atoms with van der Waals surface area (Å²) in [7, 11) is 1.66. The van der Waals surface area contributed by atoms with Gasteiger partial charge in [-0.15, -0.1) is 0 Å². The highest BCUT2D eigenvalue weighted by Gasteiger charge is 2.13. The van der Waals surface area contributed by atoms with Crippen LogP contribution in [0.5, 0.6) is 0 Å². The summed E-state index contributed by atoms with van der Waals surface area (Å²) in [6.45, 7) is 5.63. The monoisotopic (exact) mass is 257 g/mol. The van der Waals surface area contributed by atoms with Gasteiger partial charge in [-0.1, -0.05) is 13.0 Å². The van der Waals surface area contributed by atoms with Gasteiger partial charge in [0.05, 0.1) is 6.61 Å². The van der Waals surface area contributed by atoms with Gasteiger partial charge in [-0.3, -0.25) is 0 Å². The third-order valence-electron chi connectivity index (χ3n) is 3.17. The molecule has 2 unspecified atom stereocenters. The van der Waals surface area contributed by atoms with E-state index < -0.39 is 11.6 Å². The van der Waals surface area contributed by atoms with Gasteiger partial charge in [-0.25, -0.2) is 8.78 Å². The summed E-state index contributed by atoms with van der Waals surface area (Å²) in [4.78, 5) is 0. The van der Waals surface area contributed by atoms with Gasteiger partial charge in [-0.05, 0) is 37.0 Å². The van der Waals surface area contributed by atoms with Gasteiger partial charge in [-0.2, -0.15) is 0 Å². The minimum Gasteiger partial charge on any atom is -0.383 e. The summed E-state index contributed by atoms with van der Waals surface area (Å²) in [5.74, 6) is -1.23. The molecule has 0 aromatic heterocycles. The lowest BCUT2D eigenvalue weighted by molar-refractivity contribution is 0.192. The van der Waals surface area contributed by atoms with Gasteiger partial charge in [0.2, 0.25) is 0 Å². The predicted octanol–water partition coefficient (Wildman–Crippen LogP) is 2.77. The highest BCUT2D eigenvalue weighted by atomic mass is 19.2. The second-order valence-corrected chi connectivity index (χ2v) is 4.67. The maximum atomic E-state index is 13.1. The van der Waals surface area contributed by atoms with Crippen molar-refractivity contribution in [3.8, 4) is 0 Å². The first-order valence-corrected chi connectivity index (χ1v) is 6.20. The molecule has 0 radical (unpaired) electrons. The van der Waals surface area contributed by atoms with Gasteiger partial charge < -0.3 is 10.1 Å². The summed E-state index contributed by atoms with van der Waals surface area (Å²) in [6, 6.07) is 4.39. The van der Waals surface area contributed by atoms with Crippen LogP contribution in [-0.2, 0) is 11.2 Å². The van der Waals surface area contributed by atoms with Crippen LogP contribution in [0.1, 0.15) is 19.4 Å². The van der Waals surface area contributed by atoms with Crippen LogP contribution in [0.4, 0.5) is 8.78 Å². The zero-order chi connectivity index (χ0) is 13.5. The van der Waals surface area contributed by atoms with E-state index in [1.807, 2.05) is 0 Å². The van der Waals surface area contributed by atoms with Crippen molar-refractivity contribution in [2.45, 2.75) is 26.3 Å². The molecular weight excluding hydrogens is 236 g/mol. The summed E-state index contributed by atoms with van der Waals surface area (Å²) < 4.78 is 30.8. The van der Waals surface area contributed by atoms with E-state index in [9.17, 15) is 8.78 Å². The van der Waals surface area contributed by atoms with Crippen molar-refractivity contribution in [1.29, 1.82) is 0 Å². The van der Waals surface area contributed by atoms with Crippen molar-refractivity contribution in [3.63, 3.8) is 0 Å². The Morgan fingerprint density at radius 1 is 1.22 bits per heavy atom. The number of halogens is 2. The van der Waals surface area contributed by atoms with E-state index in [2.05, 4.69) is 19.2 Å². The number of ether oxygens (including phenoxy) is 1. The number of nitrogens with one attached hydrogen (secondary N) is 1. The van der Waals surface area contributed by atoms with Crippen molar-refractivity contribution < 1.29 is 13.5 Å². The van der Waals surface area contributed by atoms with E-state index in [0.717, 1.165) is 18.5 Å². The van der Waals surface area contributed by atoms with Crippen molar-refractivity contribution >= 4 is 0 Å². The van der Waals surface area contributed by atoms with Crippen molar-refractivity contribution in [1.82, 2.24) is 5.32 Å². The third kappa shape index (κ3) is 4.70. The van der Waals surface area contributed by atoms with E-state index in [0.29, 0.717) is 18.6 Å². The Morgan fingerprint density at radius 3 is 2.56 bits per heavy atom. The van der Waals surface area contributed by atoms with Crippen LogP contribution >= 0.6 is 0 Å². The van der Waals surface area contributed by atoms with E-state index >= 15 is 0 Å². The number of hydrogen-bond acceptors (Lipinski definition) is 2. The molecule has 0 amide bonds.